The lowest BCUT2D eigenvalue weighted by Crippen LogP contribution is -2.55. The Kier molecular flexibility index (Phi) is 4.59. The van der Waals surface area contributed by atoms with E-state index in [0.717, 1.165) is 0 Å². The highest BCUT2D eigenvalue weighted by Crippen LogP contribution is 2.34. The maximum atomic E-state index is 12.2. The second-order valence-electron chi connectivity index (χ2n) is 7.71. The molecule has 130 valence electrons. The molecule has 0 aromatic carbocycles. The molecular weight excluding hydrogens is 300 g/mol. The quantitative estimate of drug-likeness (QED) is 0.834. The first-order valence-electron chi connectivity index (χ1n) is 8.03. The largest absolute Gasteiger partial charge is 0.481 e. The predicted molar refractivity (Wildman–Crippen MR) is 82.9 cm³/mol. The van der Waals surface area contributed by atoms with Crippen molar-refractivity contribution < 1.29 is 24.2 Å². The summed E-state index contributed by atoms with van der Waals surface area (Å²) in [5.74, 6) is -1.65. The number of amides is 2. The van der Waals surface area contributed by atoms with Crippen LogP contribution in [0.2, 0.25) is 0 Å². The van der Waals surface area contributed by atoms with E-state index in [1.165, 1.54) is 0 Å². The van der Waals surface area contributed by atoms with E-state index >= 15 is 0 Å². The minimum Gasteiger partial charge on any atom is -0.481 e. The molecule has 2 aliphatic heterocycles. The Morgan fingerprint density at radius 3 is 2.26 bits per heavy atom. The third kappa shape index (κ3) is 3.95. The fourth-order valence-electron chi connectivity index (χ4n) is 3.16. The maximum absolute atomic E-state index is 12.2. The molecule has 0 bridgehead atoms. The highest BCUT2D eigenvalue weighted by atomic mass is 16.6. The average molecular weight is 326 g/mol. The van der Waals surface area contributed by atoms with Crippen molar-refractivity contribution in [2.24, 2.45) is 5.92 Å². The first kappa shape index (κ1) is 17.6. The molecule has 2 amide bonds. The number of nitrogens with zero attached hydrogens (tertiary/aromatic N) is 2. The van der Waals surface area contributed by atoms with Gasteiger partial charge in [-0.25, -0.2) is 4.79 Å². The fourth-order valence-corrected chi connectivity index (χ4v) is 3.16. The molecule has 7 heteroatoms. The molecule has 2 rings (SSSR count). The van der Waals surface area contributed by atoms with Crippen LogP contribution in [0.25, 0.3) is 0 Å². The van der Waals surface area contributed by atoms with Crippen molar-refractivity contribution in [2.75, 3.05) is 19.6 Å². The number of piperidine rings is 1. The lowest BCUT2D eigenvalue weighted by atomic mass is 9.88. The van der Waals surface area contributed by atoms with Gasteiger partial charge in [-0.05, 0) is 40.5 Å². The number of aliphatic carboxylic acids is 1. The van der Waals surface area contributed by atoms with Crippen LogP contribution in [0.5, 0.6) is 0 Å². The minimum atomic E-state index is -0.921. The van der Waals surface area contributed by atoms with Crippen LogP contribution < -0.4 is 0 Å². The van der Waals surface area contributed by atoms with Crippen LogP contribution in [-0.2, 0) is 14.3 Å². The molecule has 0 aliphatic carbocycles. The zero-order chi connectivity index (χ0) is 17.4. The number of carbonyl (C=O) groups excluding carboxylic acids is 2. The molecule has 0 spiro atoms. The smallest absolute Gasteiger partial charge is 0.410 e. The summed E-state index contributed by atoms with van der Waals surface area (Å²) in [6.45, 7) is 8.73. The number of carboxylic acids is 1. The zero-order valence-corrected chi connectivity index (χ0v) is 14.3. The van der Waals surface area contributed by atoms with Crippen molar-refractivity contribution in [3.8, 4) is 0 Å². The lowest BCUT2D eigenvalue weighted by Gasteiger charge is -2.45. The number of hydrogen-bond donors (Lipinski definition) is 1. The van der Waals surface area contributed by atoms with E-state index in [1.807, 2.05) is 27.7 Å². The van der Waals surface area contributed by atoms with Crippen LogP contribution in [0, 0.1) is 5.92 Å². The van der Waals surface area contributed by atoms with Gasteiger partial charge in [-0.1, -0.05) is 0 Å². The molecule has 1 N–H and O–H groups in total. The van der Waals surface area contributed by atoms with E-state index < -0.39 is 17.5 Å². The van der Waals surface area contributed by atoms with E-state index in [9.17, 15) is 14.4 Å². The van der Waals surface area contributed by atoms with Crippen LogP contribution in [0.3, 0.4) is 0 Å². The Labute approximate surface area is 136 Å². The van der Waals surface area contributed by atoms with Gasteiger partial charge in [0.25, 0.3) is 0 Å². The molecule has 0 saturated carbocycles. The van der Waals surface area contributed by atoms with Gasteiger partial charge in [0.2, 0.25) is 5.91 Å². The molecule has 0 aromatic rings. The summed E-state index contributed by atoms with van der Waals surface area (Å²) in [7, 11) is 0. The highest BCUT2D eigenvalue weighted by molar-refractivity contribution is 5.86. The molecule has 2 aliphatic rings. The molecule has 7 nitrogen and oxygen atoms in total. The Balaban J connectivity index is 1.96. The van der Waals surface area contributed by atoms with Gasteiger partial charge in [-0.15, -0.1) is 0 Å². The first-order chi connectivity index (χ1) is 10.5. The van der Waals surface area contributed by atoms with Crippen molar-refractivity contribution in [1.82, 2.24) is 9.80 Å². The molecule has 2 saturated heterocycles. The van der Waals surface area contributed by atoms with E-state index in [-0.39, 0.29) is 30.5 Å². The SMILES string of the molecule is CC(C)(C)OC(=O)N1CCC(C)(N2CC(C(=O)O)CC2=O)CC1. The standard InChI is InChI=1S/C16H26N2O5/c1-15(2,3)23-14(22)17-7-5-16(4,6-8-17)18-10-11(13(20)21)9-12(18)19/h11H,5-10H2,1-4H3,(H,20,21). The second kappa shape index (κ2) is 6.02. The second-order valence-corrected chi connectivity index (χ2v) is 7.71. The van der Waals surface area contributed by atoms with E-state index in [2.05, 4.69) is 0 Å². The number of carbonyl (C=O) groups is 3. The van der Waals surface area contributed by atoms with E-state index in [1.54, 1.807) is 9.80 Å². The third-order valence-electron chi connectivity index (χ3n) is 4.62. The van der Waals surface area contributed by atoms with Gasteiger partial charge in [-0.2, -0.15) is 0 Å². The number of hydrogen-bond acceptors (Lipinski definition) is 4. The van der Waals surface area contributed by atoms with Crippen LogP contribution in [0.4, 0.5) is 4.79 Å². The topological polar surface area (TPSA) is 87.2 Å². The molecule has 1 unspecified atom stereocenters. The number of likely N-dealkylation sites (tertiary alicyclic amines) is 2. The van der Waals surface area contributed by atoms with Gasteiger partial charge in [0.1, 0.15) is 5.60 Å². The minimum absolute atomic E-state index is 0.0701. The molecule has 1 atom stereocenters. The normalized spacial score (nSPS) is 24.7. The Morgan fingerprint density at radius 2 is 1.83 bits per heavy atom. The van der Waals surface area contributed by atoms with Crippen LogP contribution in [0.15, 0.2) is 0 Å². The molecule has 2 heterocycles. The van der Waals surface area contributed by atoms with Crippen molar-refractivity contribution >= 4 is 18.0 Å². The van der Waals surface area contributed by atoms with Crippen LogP contribution in [0.1, 0.15) is 47.0 Å². The maximum Gasteiger partial charge on any atom is 0.410 e. The molecular formula is C16H26N2O5. The third-order valence-corrected chi connectivity index (χ3v) is 4.62. The molecule has 23 heavy (non-hydrogen) atoms. The number of ether oxygens (including phenoxy) is 1. The van der Waals surface area contributed by atoms with Gasteiger partial charge in [-0.3, -0.25) is 9.59 Å². The van der Waals surface area contributed by atoms with E-state index in [4.69, 9.17) is 9.84 Å². The summed E-state index contributed by atoms with van der Waals surface area (Å²) in [5, 5.41) is 9.11. The first-order valence-corrected chi connectivity index (χ1v) is 8.03. The van der Waals surface area contributed by atoms with Gasteiger partial charge in [0.15, 0.2) is 0 Å². The molecule has 0 radical (unpaired) electrons. The zero-order valence-electron chi connectivity index (χ0n) is 14.3. The van der Waals surface area contributed by atoms with Crippen molar-refractivity contribution in [2.45, 2.75) is 58.1 Å². The molecule has 0 aromatic heterocycles. The van der Waals surface area contributed by atoms with Crippen LogP contribution in [-0.4, -0.2) is 63.7 Å². The average Bonchev–Trinajstić information content (AvgIpc) is 2.80. The van der Waals surface area contributed by atoms with Gasteiger partial charge < -0.3 is 19.6 Å². The predicted octanol–water partition coefficient (Wildman–Crippen LogP) is 1.71. The molecule has 2 fully saturated rings. The van der Waals surface area contributed by atoms with Crippen LogP contribution >= 0.6 is 0 Å². The summed E-state index contributed by atoms with van der Waals surface area (Å²) in [4.78, 5) is 38.7. The van der Waals surface area contributed by atoms with Crippen molar-refractivity contribution in [1.29, 1.82) is 0 Å². The Bertz CT molecular complexity index is 503. The van der Waals surface area contributed by atoms with Gasteiger partial charge >= 0.3 is 12.1 Å². The summed E-state index contributed by atoms with van der Waals surface area (Å²) in [6.07, 6.45) is 0.991. The monoisotopic (exact) mass is 326 g/mol. The van der Waals surface area contributed by atoms with Gasteiger partial charge in [0, 0.05) is 31.6 Å². The summed E-state index contributed by atoms with van der Waals surface area (Å²) in [5.41, 5.74) is -0.919. The summed E-state index contributed by atoms with van der Waals surface area (Å²) in [6, 6.07) is 0. The Hall–Kier alpha value is -1.79. The summed E-state index contributed by atoms with van der Waals surface area (Å²) < 4.78 is 5.37. The lowest BCUT2D eigenvalue weighted by molar-refractivity contribution is -0.141. The number of carboxylic acid groups (broad SMARTS) is 1. The number of rotatable bonds is 2. The van der Waals surface area contributed by atoms with E-state index in [0.29, 0.717) is 25.9 Å². The highest BCUT2D eigenvalue weighted by Gasteiger charge is 2.45. The van der Waals surface area contributed by atoms with Crippen molar-refractivity contribution in [3.63, 3.8) is 0 Å². The fraction of sp³-hybridized carbons (Fsp3) is 0.812. The van der Waals surface area contributed by atoms with Gasteiger partial charge in [0.05, 0.1) is 5.92 Å². The van der Waals surface area contributed by atoms with Crippen molar-refractivity contribution in [3.05, 3.63) is 0 Å². The Morgan fingerprint density at radius 1 is 1.26 bits per heavy atom. The summed E-state index contributed by atoms with van der Waals surface area (Å²) >= 11 is 0.